The van der Waals surface area contributed by atoms with Gasteiger partial charge in [-0.3, -0.25) is 3.53 Å². The lowest BCUT2D eigenvalue weighted by Crippen LogP contribution is -2.57. The molecule has 1 saturated heterocycles. The minimum Gasteiger partial charge on any atom is -0.380 e. The fourth-order valence-corrected chi connectivity index (χ4v) is 2.13. The first-order valence-electron chi connectivity index (χ1n) is 3.29. The Morgan fingerprint density at radius 3 is 2.44 bits per heavy atom. The molecule has 1 heterocycles. The van der Waals surface area contributed by atoms with Gasteiger partial charge < -0.3 is 4.74 Å². The molecule has 0 amide bonds. The second-order valence-corrected chi connectivity index (χ2v) is 3.83. The van der Waals surface area contributed by atoms with Crippen LogP contribution < -0.4 is 3.53 Å². The van der Waals surface area contributed by atoms with Crippen molar-refractivity contribution in [3.8, 4) is 0 Å². The van der Waals surface area contributed by atoms with E-state index in [0.717, 1.165) is 19.3 Å². The molecule has 2 fully saturated rings. The molecule has 0 bridgehead atoms. The Morgan fingerprint density at radius 2 is 2.11 bits per heavy atom. The van der Waals surface area contributed by atoms with E-state index in [1.165, 1.54) is 12.8 Å². The number of nitrogens with one attached hydrogen (secondary N) is 1. The van der Waals surface area contributed by atoms with Gasteiger partial charge in [-0.2, -0.15) is 0 Å². The van der Waals surface area contributed by atoms with Gasteiger partial charge in [0.1, 0.15) is 0 Å². The zero-order valence-electron chi connectivity index (χ0n) is 5.19. The Labute approximate surface area is 68.8 Å². The number of hydrogen-bond acceptors (Lipinski definition) is 2. The second kappa shape index (κ2) is 2.07. The van der Waals surface area contributed by atoms with Crippen molar-refractivity contribution in [2.75, 3.05) is 13.2 Å². The molecule has 0 unspecified atom stereocenters. The molecule has 1 spiro atoms. The molecule has 9 heavy (non-hydrogen) atoms. The molecular weight excluding hydrogens is 229 g/mol. The molecule has 0 aromatic heterocycles. The van der Waals surface area contributed by atoms with Crippen LogP contribution in [0, 0.1) is 5.41 Å². The average Bonchev–Trinajstić information content (AvgIpc) is 1.59. The van der Waals surface area contributed by atoms with Crippen molar-refractivity contribution in [2.24, 2.45) is 5.41 Å². The maximum absolute atomic E-state index is 5.14. The summed E-state index contributed by atoms with van der Waals surface area (Å²) in [5.41, 5.74) is 0.628. The average molecular weight is 239 g/mol. The van der Waals surface area contributed by atoms with E-state index in [1.807, 2.05) is 0 Å². The largest absolute Gasteiger partial charge is 0.380 e. The van der Waals surface area contributed by atoms with Gasteiger partial charge in [-0.05, 0) is 12.8 Å². The third kappa shape index (κ3) is 0.897. The fourth-order valence-electron chi connectivity index (χ4n) is 1.69. The Morgan fingerprint density at radius 1 is 1.44 bits per heavy atom. The van der Waals surface area contributed by atoms with Gasteiger partial charge >= 0.3 is 0 Å². The number of halogens is 1. The molecule has 0 radical (unpaired) electrons. The van der Waals surface area contributed by atoms with Gasteiger partial charge in [-0.15, -0.1) is 0 Å². The highest BCUT2D eigenvalue weighted by atomic mass is 127. The number of rotatable bonds is 1. The van der Waals surface area contributed by atoms with E-state index >= 15 is 0 Å². The van der Waals surface area contributed by atoms with E-state index < -0.39 is 0 Å². The zero-order chi connectivity index (χ0) is 6.32. The summed E-state index contributed by atoms with van der Waals surface area (Å²) < 4.78 is 8.38. The summed E-state index contributed by atoms with van der Waals surface area (Å²) in [6, 6.07) is 0.773. The molecule has 52 valence electrons. The first kappa shape index (κ1) is 6.37. The van der Waals surface area contributed by atoms with Crippen molar-refractivity contribution in [1.29, 1.82) is 0 Å². The highest BCUT2D eigenvalue weighted by molar-refractivity contribution is 14.1. The monoisotopic (exact) mass is 239 g/mol. The second-order valence-electron chi connectivity index (χ2n) is 3.21. The van der Waals surface area contributed by atoms with Crippen molar-refractivity contribution in [3.63, 3.8) is 0 Å². The van der Waals surface area contributed by atoms with Gasteiger partial charge in [0.2, 0.25) is 0 Å². The smallest absolute Gasteiger partial charge is 0.0545 e. The molecule has 0 aromatic carbocycles. The predicted octanol–water partition coefficient (Wildman–Crippen LogP) is 1.10. The van der Waals surface area contributed by atoms with Gasteiger partial charge in [-0.1, -0.05) is 0 Å². The van der Waals surface area contributed by atoms with Gasteiger partial charge in [0.25, 0.3) is 0 Å². The highest BCUT2D eigenvalue weighted by Gasteiger charge is 2.49. The molecular formula is C6H10INO. The van der Waals surface area contributed by atoms with E-state index in [1.54, 1.807) is 0 Å². The Bertz CT molecular complexity index is 116. The summed E-state index contributed by atoms with van der Waals surface area (Å²) in [5, 5.41) is 0. The van der Waals surface area contributed by atoms with Crippen LogP contribution in [0.5, 0.6) is 0 Å². The third-order valence-corrected chi connectivity index (χ3v) is 3.21. The van der Waals surface area contributed by atoms with Crippen molar-refractivity contribution >= 4 is 22.9 Å². The number of hydrogen-bond donors (Lipinski definition) is 1. The van der Waals surface area contributed by atoms with Crippen molar-refractivity contribution in [1.82, 2.24) is 3.53 Å². The van der Waals surface area contributed by atoms with Crippen LogP contribution in [0.15, 0.2) is 0 Å². The molecule has 1 aliphatic heterocycles. The molecule has 2 nitrogen and oxygen atoms in total. The molecule has 3 heteroatoms. The molecule has 1 N–H and O–H groups in total. The standard InChI is InChI=1S/C6H10INO/c7-8-5-1-6(2-5)3-9-4-6/h5,8H,1-4H2. The highest BCUT2D eigenvalue weighted by Crippen LogP contribution is 2.46. The van der Waals surface area contributed by atoms with Crippen molar-refractivity contribution in [2.45, 2.75) is 18.9 Å². The summed E-state index contributed by atoms with van der Waals surface area (Å²) >= 11 is 2.23. The van der Waals surface area contributed by atoms with Crippen molar-refractivity contribution in [3.05, 3.63) is 0 Å². The summed E-state index contributed by atoms with van der Waals surface area (Å²) in [4.78, 5) is 0. The lowest BCUT2D eigenvalue weighted by atomic mass is 9.64. The first-order chi connectivity index (χ1) is 4.35. The van der Waals surface area contributed by atoms with Crippen LogP contribution >= 0.6 is 22.9 Å². The van der Waals surface area contributed by atoms with Crippen LogP contribution in [0.25, 0.3) is 0 Å². The van der Waals surface area contributed by atoms with Crippen LogP contribution in [0.2, 0.25) is 0 Å². The Balaban J connectivity index is 1.82. The molecule has 0 atom stereocenters. The van der Waals surface area contributed by atoms with E-state index in [0.29, 0.717) is 5.41 Å². The van der Waals surface area contributed by atoms with Crippen LogP contribution in [-0.2, 0) is 4.74 Å². The summed E-state index contributed by atoms with van der Waals surface area (Å²) in [6.45, 7) is 2.03. The maximum Gasteiger partial charge on any atom is 0.0545 e. The first-order valence-corrected chi connectivity index (χ1v) is 4.36. The van der Waals surface area contributed by atoms with Gasteiger partial charge in [-0.25, -0.2) is 0 Å². The lowest BCUT2D eigenvalue weighted by molar-refractivity contribution is -0.163. The van der Waals surface area contributed by atoms with Crippen LogP contribution in [0.4, 0.5) is 0 Å². The van der Waals surface area contributed by atoms with Crippen molar-refractivity contribution < 1.29 is 4.74 Å². The third-order valence-electron chi connectivity index (χ3n) is 2.33. The van der Waals surface area contributed by atoms with Crippen LogP contribution in [0.1, 0.15) is 12.8 Å². The normalized spacial score (nSPS) is 31.7. The molecule has 2 aliphatic rings. The summed E-state index contributed by atoms with van der Waals surface area (Å²) in [6.07, 6.45) is 2.66. The lowest BCUT2D eigenvalue weighted by Gasteiger charge is -2.52. The maximum atomic E-state index is 5.14. The molecule has 0 aromatic rings. The quantitative estimate of drug-likeness (QED) is 0.546. The van der Waals surface area contributed by atoms with Gasteiger partial charge in [0.15, 0.2) is 0 Å². The Hall–Kier alpha value is 0.650. The molecule has 1 aliphatic carbocycles. The van der Waals surface area contributed by atoms with Crippen LogP contribution in [-0.4, -0.2) is 19.3 Å². The van der Waals surface area contributed by atoms with Gasteiger partial charge in [0, 0.05) is 34.3 Å². The van der Waals surface area contributed by atoms with Gasteiger partial charge in [0.05, 0.1) is 13.2 Å². The fraction of sp³-hybridized carbons (Fsp3) is 1.00. The topological polar surface area (TPSA) is 21.3 Å². The van der Waals surface area contributed by atoms with E-state index in [-0.39, 0.29) is 0 Å². The zero-order valence-corrected chi connectivity index (χ0v) is 7.35. The minimum atomic E-state index is 0.628. The SMILES string of the molecule is INC1CC2(COC2)C1. The molecule has 1 saturated carbocycles. The van der Waals surface area contributed by atoms with E-state index in [4.69, 9.17) is 4.74 Å². The minimum absolute atomic E-state index is 0.628. The summed E-state index contributed by atoms with van der Waals surface area (Å²) in [7, 11) is 0. The predicted molar refractivity (Wildman–Crippen MR) is 43.4 cm³/mol. The number of ether oxygens (including phenoxy) is 1. The van der Waals surface area contributed by atoms with E-state index in [2.05, 4.69) is 26.4 Å². The summed E-state index contributed by atoms with van der Waals surface area (Å²) in [5.74, 6) is 0. The van der Waals surface area contributed by atoms with E-state index in [9.17, 15) is 0 Å². The Kier molecular flexibility index (Phi) is 1.46. The van der Waals surface area contributed by atoms with Crippen LogP contribution in [0.3, 0.4) is 0 Å². The molecule has 2 rings (SSSR count).